The van der Waals surface area contributed by atoms with Crippen molar-refractivity contribution in [2.45, 2.75) is 59.3 Å². The molecule has 176 valence electrons. The third-order valence-corrected chi connectivity index (χ3v) is 6.60. The van der Waals surface area contributed by atoms with Gasteiger partial charge >= 0.3 is 5.97 Å². The molecular weight excluding hydrogens is 416 g/mol. The van der Waals surface area contributed by atoms with Crippen LogP contribution in [0.3, 0.4) is 0 Å². The lowest BCUT2D eigenvalue weighted by atomic mass is 9.81. The number of fused-ring (bicyclic) bond motifs is 1. The van der Waals surface area contributed by atoms with E-state index in [2.05, 4.69) is 13.0 Å². The predicted molar refractivity (Wildman–Crippen MR) is 130 cm³/mol. The second kappa shape index (κ2) is 11.3. The van der Waals surface area contributed by atoms with E-state index < -0.39 is 5.97 Å². The zero-order valence-electron chi connectivity index (χ0n) is 20.1. The lowest BCUT2D eigenvalue weighted by molar-refractivity contribution is -0.126. The first-order valence-corrected chi connectivity index (χ1v) is 11.9. The van der Waals surface area contributed by atoms with Crippen LogP contribution in [0.5, 0.6) is 0 Å². The van der Waals surface area contributed by atoms with Crippen LogP contribution in [0.4, 0.5) is 0 Å². The van der Waals surface area contributed by atoms with Gasteiger partial charge in [-0.1, -0.05) is 45.4 Å². The highest BCUT2D eigenvalue weighted by Crippen LogP contribution is 2.29. The van der Waals surface area contributed by atoms with Gasteiger partial charge < -0.3 is 4.74 Å². The Kier molecular flexibility index (Phi) is 8.48. The van der Waals surface area contributed by atoms with Crippen molar-refractivity contribution in [3.63, 3.8) is 0 Å². The second-order valence-electron chi connectivity index (χ2n) is 9.07. The summed E-state index contributed by atoms with van der Waals surface area (Å²) < 4.78 is 4.78. The van der Waals surface area contributed by atoms with E-state index in [1.807, 2.05) is 13.8 Å². The molecule has 33 heavy (non-hydrogen) atoms. The monoisotopic (exact) mass is 450 g/mol. The lowest BCUT2D eigenvalue weighted by Gasteiger charge is -2.25. The molecule has 2 aliphatic rings. The van der Waals surface area contributed by atoms with Gasteiger partial charge in [-0.2, -0.15) is 0 Å². The summed E-state index contributed by atoms with van der Waals surface area (Å²) in [6.45, 7) is 6.63. The van der Waals surface area contributed by atoms with Gasteiger partial charge in [0.25, 0.3) is 0 Å². The molecule has 1 aliphatic heterocycles. The van der Waals surface area contributed by atoms with E-state index in [-0.39, 0.29) is 29.3 Å². The smallest absolute Gasteiger partial charge is 0.337 e. The number of ether oxygens (including phenoxy) is 1. The Balaban J connectivity index is 2.06. The molecule has 0 bridgehead atoms. The van der Waals surface area contributed by atoms with Crippen LogP contribution in [-0.2, 0) is 14.3 Å². The van der Waals surface area contributed by atoms with Crippen LogP contribution in [-0.4, -0.2) is 42.7 Å². The minimum Gasteiger partial charge on any atom is -0.465 e. The molecule has 0 saturated carbocycles. The number of hydrogen-bond acceptors (Lipinski definition) is 6. The van der Waals surface area contributed by atoms with Crippen molar-refractivity contribution in [1.82, 2.24) is 0 Å². The average molecular weight is 451 g/mol. The molecule has 1 aliphatic carbocycles. The number of allylic oxidation sites excluding steroid dienone is 2. The second-order valence-corrected chi connectivity index (χ2v) is 9.07. The zero-order valence-corrected chi connectivity index (χ0v) is 20.1. The predicted octanol–water partition coefficient (Wildman–Crippen LogP) is 5.00. The molecule has 0 N–H and O–H groups in total. The molecule has 0 spiro atoms. The third-order valence-electron chi connectivity index (χ3n) is 6.60. The SMILES string of the molecule is CCCC1CCN=C(c2ccc(C(=O)OC)cc2)N=C2C(=O)CCC(C)C(=O)C(C)CC=C21. The standard InChI is InChI=1S/C27H34N2O4/c1-5-6-19-15-16-28-26(20-9-11-21(12-10-20)27(32)33-4)29-24-22(19)13-7-17(2)25(31)18(3)8-14-23(24)30/h9-13,17-19H,5-8,14-16H2,1-4H3. The lowest BCUT2D eigenvalue weighted by Crippen LogP contribution is -2.29. The van der Waals surface area contributed by atoms with Crippen LogP contribution in [0.25, 0.3) is 0 Å². The third kappa shape index (κ3) is 5.92. The zero-order chi connectivity index (χ0) is 24.0. The largest absolute Gasteiger partial charge is 0.465 e. The summed E-state index contributed by atoms with van der Waals surface area (Å²) in [5, 5.41) is 0. The Morgan fingerprint density at radius 3 is 2.48 bits per heavy atom. The number of carbonyl (C=O) groups excluding carboxylic acids is 3. The van der Waals surface area contributed by atoms with Crippen LogP contribution < -0.4 is 0 Å². The minimum absolute atomic E-state index is 0.0302. The van der Waals surface area contributed by atoms with Crippen LogP contribution in [0.2, 0.25) is 0 Å². The summed E-state index contributed by atoms with van der Waals surface area (Å²) in [6, 6.07) is 6.95. The van der Waals surface area contributed by atoms with Crippen molar-refractivity contribution in [1.29, 1.82) is 0 Å². The Morgan fingerprint density at radius 2 is 1.82 bits per heavy atom. The van der Waals surface area contributed by atoms with Gasteiger partial charge in [0.15, 0.2) is 11.6 Å². The molecule has 6 nitrogen and oxygen atoms in total. The van der Waals surface area contributed by atoms with Crippen molar-refractivity contribution >= 4 is 29.1 Å². The highest BCUT2D eigenvalue weighted by atomic mass is 16.5. The maximum absolute atomic E-state index is 13.4. The van der Waals surface area contributed by atoms with Crippen molar-refractivity contribution in [2.24, 2.45) is 27.7 Å². The Bertz CT molecular complexity index is 988. The first-order chi connectivity index (χ1) is 15.8. The number of rotatable bonds is 4. The number of aliphatic imine (C=N–C) groups is 2. The summed E-state index contributed by atoms with van der Waals surface area (Å²) in [4.78, 5) is 47.4. The van der Waals surface area contributed by atoms with Gasteiger partial charge in [0, 0.05) is 30.4 Å². The maximum Gasteiger partial charge on any atom is 0.337 e. The van der Waals surface area contributed by atoms with Gasteiger partial charge in [0.1, 0.15) is 11.5 Å². The van der Waals surface area contributed by atoms with E-state index in [9.17, 15) is 14.4 Å². The number of benzene rings is 1. The van der Waals surface area contributed by atoms with E-state index in [0.29, 0.717) is 42.9 Å². The van der Waals surface area contributed by atoms with E-state index in [1.54, 1.807) is 24.3 Å². The highest BCUT2D eigenvalue weighted by Gasteiger charge is 2.29. The number of esters is 1. The number of nitrogens with zero attached hydrogens (tertiary/aromatic N) is 2. The van der Waals surface area contributed by atoms with E-state index in [1.165, 1.54) is 7.11 Å². The van der Waals surface area contributed by atoms with Crippen LogP contribution in [0, 0.1) is 17.8 Å². The van der Waals surface area contributed by atoms with Gasteiger partial charge in [-0.25, -0.2) is 9.79 Å². The van der Waals surface area contributed by atoms with Gasteiger partial charge in [-0.3, -0.25) is 14.6 Å². The van der Waals surface area contributed by atoms with Gasteiger partial charge in [-0.15, -0.1) is 0 Å². The van der Waals surface area contributed by atoms with Gasteiger partial charge in [-0.05, 0) is 49.3 Å². The van der Waals surface area contributed by atoms with Crippen molar-refractivity contribution in [3.8, 4) is 0 Å². The van der Waals surface area contributed by atoms with E-state index in [0.717, 1.165) is 30.4 Å². The van der Waals surface area contributed by atoms with Crippen LogP contribution in [0.15, 0.2) is 45.9 Å². The molecule has 0 fully saturated rings. The fraction of sp³-hybridized carbons (Fsp3) is 0.519. The van der Waals surface area contributed by atoms with Crippen molar-refractivity contribution in [3.05, 3.63) is 47.0 Å². The maximum atomic E-state index is 13.4. The normalized spacial score (nSPS) is 24.5. The van der Waals surface area contributed by atoms with Gasteiger partial charge in [0.05, 0.1) is 12.7 Å². The Labute approximate surface area is 196 Å². The van der Waals surface area contributed by atoms with Crippen molar-refractivity contribution < 1.29 is 19.1 Å². The summed E-state index contributed by atoms with van der Waals surface area (Å²) in [7, 11) is 1.35. The van der Waals surface area contributed by atoms with Crippen LogP contribution >= 0.6 is 0 Å². The number of ketones is 2. The average Bonchev–Trinajstić information content (AvgIpc) is 2.82. The summed E-state index contributed by atoms with van der Waals surface area (Å²) >= 11 is 0. The number of amidine groups is 1. The summed E-state index contributed by atoms with van der Waals surface area (Å²) in [5.41, 5.74) is 2.66. The molecule has 0 radical (unpaired) electrons. The van der Waals surface area contributed by atoms with Crippen LogP contribution in [0.1, 0.15) is 75.2 Å². The fourth-order valence-corrected chi connectivity index (χ4v) is 4.56. The highest BCUT2D eigenvalue weighted by molar-refractivity contribution is 6.48. The number of methoxy groups -OCH3 is 1. The first kappa shape index (κ1) is 24.7. The van der Waals surface area contributed by atoms with E-state index in [4.69, 9.17) is 14.7 Å². The number of Topliss-reactive ketones (excluding diaryl/α,β-unsaturated/α-hetero) is 2. The quantitative estimate of drug-likeness (QED) is 0.604. The molecule has 0 amide bonds. The Hall–Kier alpha value is -2.89. The molecule has 1 aromatic carbocycles. The molecule has 3 atom stereocenters. The summed E-state index contributed by atoms with van der Waals surface area (Å²) in [6.07, 6.45) is 6.31. The number of hydrogen-bond donors (Lipinski definition) is 0. The number of carbonyl (C=O) groups is 3. The molecule has 3 unspecified atom stereocenters. The first-order valence-electron chi connectivity index (χ1n) is 11.9. The molecule has 1 aromatic rings. The molecule has 0 saturated heterocycles. The fourth-order valence-electron chi connectivity index (χ4n) is 4.56. The molecule has 1 heterocycles. The van der Waals surface area contributed by atoms with Crippen molar-refractivity contribution in [2.75, 3.05) is 13.7 Å². The van der Waals surface area contributed by atoms with E-state index >= 15 is 0 Å². The molecule has 6 heteroatoms. The topological polar surface area (TPSA) is 85.2 Å². The molecular formula is C27H34N2O4. The minimum atomic E-state index is -0.402. The van der Waals surface area contributed by atoms with Gasteiger partial charge in [0.2, 0.25) is 0 Å². The summed E-state index contributed by atoms with van der Waals surface area (Å²) in [5.74, 6) is 0.282. The Morgan fingerprint density at radius 1 is 1.09 bits per heavy atom. The molecule has 0 aromatic heterocycles. The molecule has 3 rings (SSSR count).